The van der Waals surface area contributed by atoms with E-state index >= 15 is 0 Å². The predicted octanol–water partition coefficient (Wildman–Crippen LogP) is 4.99. The van der Waals surface area contributed by atoms with Gasteiger partial charge >= 0.3 is 0 Å². The number of hydrogen-bond acceptors (Lipinski definition) is 1. The lowest BCUT2D eigenvalue weighted by Gasteiger charge is -2.14. The Morgan fingerprint density at radius 1 is 1.00 bits per heavy atom. The van der Waals surface area contributed by atoms with E-state index in [-0.39, 0.29) is 0 Å². The van der Waals surface area contributed by atoms with E-state index in [4.69, 9.17) is 0 Å². The summed E-state index contributed by atoms with van der Waals surface area (Å²) in [5.41, 5.74) is 6.47. The van der Waals surface area contributed by atoms with Gasteiger partial charge in [-0.25, -0.2) is 0 Å². The molecule has 0 fully saturated rings. The number of rotatable bonds is 3. The molecule has 2 aromatic rings. The van der Waals surface area contributed by atoms with Gasteiger partial charge in [0.1, 0.15) is 0 Å². The van der Waals surface area contributed by atoms with Crippen LogP contribution >= 0.6 is 15.9 Å². The fourth-order valence-electron chi connectivity index (χ4n) is 2.30. The van der Waals surface area contributed by atoms with Gasteiger partial charge < -0.3 is 5.32 Å². The molecule has 0 saturated carbocycles. The standard InChI is InChI=1S/C16H18BrN/c1-11-7-12(2)16(13(3)8-11)18-10-14-5-4-6-15(17)9-14/h4-9,18H,10H2,1-3H3. The smallest absolute Gasteiger partial charge is 0.0402 e. The molecular formula is C16H18BrN. The largest absolute Gasteiger partial charge is 0.381 e. The molecule has 0 heterocycles. The van der Waals surface area contributed by atoms with Gasteiger partial charge in [-0.1, -0.05) is 45.8 Å². The monoisotopic (exact) mass is 303 g/mol. The highest BCUT2D eigenvalue weighted by molar-refractivity contribution is 9.10. The maximum atomic E-state index is 3.53. The van der Waals surface area contributed by atoms with Crippen molar-refractivity contribution in [2.45, 2.75) is 27.3 Å². The molecule has 2 aromatic carbocycles. The van der Waals surface area contributed by atoms with Crippen molar-refractivity contribution < 1.29 is 0 Å². The van der Waals surface area contributed by atoms with Crippen LogP contribution in [0, 0.1) is 20.8 Å². The Morgan fingerprint density at radius 3 is 2.28 bits per heavy atom. The summed E-state index contributed by atoms with van der Waals surface area (Å²) in [6, 6.07) is 12.8. The summed E-state index contributed by atoms with van der Waals surface area (Å²) < 4.78 is 1.12. The Kier molecular flexibility index (Phi) is 4.07. The van der Waals surface area contributed by atoms with Crippen molar-refractivity contribution in [1.29, 1.82) is 0 Å². The summed E-state index contributed by atoms with van der Waals surface area (Å²) in [5, 5.41) is 3.53. The fourth-order valence-corrected chi connectivity index (χ4v) is 2.74. The first kappa shape index (κ1) is 13.2. The Labute approximate surface area is 117 Å². The number of hydrogen-bond donors (Lipinski definition) is 1. The van der Waals surface area contributed by atoms with Gasteiger partial charge in [0.15, 0.2) is 0 Å². The van der Waals surface area contributed by atoms with Crippen molar-refractivity contribution in [2.24, 2.45) is 0 Å². The summed E-state index contributed by atoms with van der Waals surface area (Å²) in [7, 11) is 0. The number of anilines is 1. The lowest BCUT2D eigenvalue weighted by Crippen LogP contribution is -2.03. The van der Waals surface area contributed by atoms with Crippen LogP contribution in [0.25, 0.3) is 0 Å². The van der Waals surface area contributed by atoms with E-state index in [1.54, 1.807) is 0 Å². The minimum Gasteiger partial charge on any atom is -0.381 e. The summed E-state index contributed by atoms with van der Waals surface area (Å²) in [6.07, 6.45) is 0. The zero-order valence-electron chi connectivity index (χ0n) is 11.0. The van der Waals surface area contributed by atoms with E-state index in [9.17, 15) is 0 Å². The molecule has 0 spiro atoms. The average Bonchev–Trinajstić information content (AvgIpc) is 2.27. The maximum Gasteiger partial charge on any atom is 0.0402 e. The summed E-state index contributed by atoms with van der Waals surface area (Å²) >= 11 is 3.50. The Balaban J connectivity index is 2.16. The third-order valence-electron chi connectivity index (χ3n) is 3.04. The lowest BCUT2D eigenvalue weighted by atomic mass is 10.0. The van der Waals surface area contributed by atoms with Gasteiger partial charge in [0.25, 0.3) is 0 Å². The van der Waals surface area contributed by atoms with Gasteiger partial charge in [0.05, 0.1) is 0 Å². The summed E-state index contributed by atoms with van der Waals surface area (Å²) in [5.74, 6) is 0. The first-order chi connectivity index (χ1) is 8.56. The number of aryl methyl sites for hydroxylation is 3. The molecule has 0 aromatic heterocycles. The van der Waals surface area contributed by atoms with Crippen molar-refractivity contribution in [3.63, 3.8) is 0 Å². The molecule has 0 aliphatic heterocycles. The van der Waals surface area contributed by atoms with Crippen LogP contribution < -0.4 is 5.32 Å². The molecule has 0 saturated heterocycles. The SMILES string of the molecule is Cc1cc(C)c(NCc2cccc(Br)c2)c(C)c1. The highest BCUT2D eigenvalue weighted by Gasteiger charge is 2.03. The minimum atomic E-state index is 0.851. The molecule has 18 heavy (non-hydrogen) atoms. The Morgan fingerprint density at radius 2 is 1.67 bits per heavy atom. The Bertz CT molecular complexity index is 538. The lowest BCUT2D eigenvalue weighted by molar-refractivity contribution is 1.12. The van der Waals surface area contributed by atoms with Gasteiger partial charge in [-0.2, -0.15) is 0 Å². The Hall–Kier alpha value is -1.28. The van der Waals surface area contributed by atoms with E-state index in [0.717, 1.165) is 11.0 Å². The molecular weight excluding hydrogens is 286 g/mol. The van der Waals surface area contributed by atoms with Crippen molar-refractivity contribution in [3.8, 4) is 0 Å². The molecule has 1 N–H and O–H groups in total. The molecule has 0 aliphatic rings. The third kappa shape index (κ3) is 3.14. The maximum absolute atomic E-state index is 3.53. The van der Waals surface area contributed by atoms with Gasteiger partial charge in [-0.15, -0.1) is 0 Å². The van der Waals surface area contributed by atoms with Crippen LogP contribution in [0.4, 0.5) is 5.69 Å². The molecule has 0 radical (unpaired) electrons. The first-order valence-electron chi connectivity index (χ1n) is 6.12. The normalized spacial score (nSPS) is 10.4. The van der Waals surface area contributed by atoms with E-state index in [1.807, 2.05) is 6.07 Å². The molecule has 0 bridgehead atoms. The van der Waals surface area contributed by atoms with Gasteiger partial charge in [-0.05, 0) is 49.6 Å². The van der Waals surface area contributed by atoms with Crippen LogP contribution in [0.3, 0.4) is 0 Å². The van der Waals surface area contributed by atoms with Crippen LogP contribution in [0.1, 0.15) is 22.3 Å². The summed E-state index contributed by atoms with van der Waals surface area (Å²) in [6.45, 7) is 7.30. The fraction of sp³-hybridized carbons (Fsp3) is 0.250. The zero-order chi connectivity index (χ0) is 13.1. The highest BCUT2D eigenvalue weighted by Crippen LogP contribution is 2.23. The van der Waals surface area contributed by atoms with Crippen LogP contribution in [-0.4, -0.2) is 0 Å². The van der Waals surface area contributed by atoms with E-state index in [1.165, 1.54) is 27.9 Å². The average molecular weight is 304 g/mol. The number of nitrogens with one attached hydrogen (secondary N) is 1. The molecule has 0 amide bonds. The van der Waals surface area contributed by atoms with Crippen LogP contribution in [0.15, 0.2) is 40.9 Å². The van der Waals surface area contributed by atoms with E-state index < -0.39 is 0 Å². The van der Waals surface area contributed by atoms with E-state index in [2.05, 4.69) is 72.3 Å². The van der Waals surface area contributed by atoms with Crippen LogP contribution in [0.5, 0.6) is 0 Å². The second kappa shape index (κ2) is 5.57. The topological polar surface area (TPSA) is 12.0 Å². The van der Waals surface area contributed by atoms with E-state index in [0.29, 0.717) is 0 Å². The van der Waals surface area contributed by atoms with Crippen molar-refractivity contribution in [2.75, 3.05) is 5.32 Å². The van der Waals surface area contributed by atoms with Crippen molar-refractivity contribution in [3.05, 3.63) is 63.1 Å². The summed E-state index contributed by atoms with van der Waals surface area (Å²) in [4.78, 5) is 0. The third-order valence-corrected chi connectivity index (χ3v) is 3.53. The van der Waals surface area contributed by atoms with Crippen LogP contribution in [0.2, 0.25) is 0 Å². The molecule has 1 nitrogen and oxygen atoms in total. The second-order valence-corrected chi connectivity index (χ2v) is 5.67. The quantitative estimate of drug-likeness (QED) is 0.842. The zero-order valence-corrected chi connectivity index (χ0v) is 12.6. The number of halogens is 1. The van der Waals surface area contributed by atoms with Gasteiger partial charge in [0, 0.05) is 16.7 Å². The molecule has 0 unspecified atom stereocenters. The first-order valence-corrected chi connectivity index (χ1v) is 6.92. The molecule has 94 valence electrons. The second-order valence-electron chi connectivity index (χ2n) is 4.76. The predicted molar refractivity (Wildman–Crippen MR) is 82.1 cm³/mol. The molecule has 2 heteroatoms. The van der Waals surface area contributed by atoms with Crippen molar-refractivity contribution in [1.82, 2.24) is 0 Å². The number of benzene rings is 2. The van der Waals surface area contributed by atoms with Gasteiger partial charge in [0.2, 0.25) is 0 Å². The van der Waals surface area contributed by atoms with Gasteiger partial charge in [-0.3, -0.25) is 0 Å². The minimum absolute atomic E-state index is 0.851. The molecule has 0 atom stereocenters. The highest BCUT2D eigenvalue weighted by atomic mass is 79.9. The van der Waals surface area contributed by atoms with Crippen molar-refractivity contribution >= 4 is 21.6 Å². The molecule has 2 rings (SSSR count). The molecule has 0 aliphatic carbocycles. The van der Waals surface area contributed by atoms with Crippen LogP contribution in [-0.2, 0) is 6.54 Å².